The first-order chi connectivity index (χ1) is 13.5. The monoisotopic (exact) mass is 404 g/mol. The fourth-order valence-corrected chi connectivity index (χ4v) is 3.37. The van der Waals surface area contributed by atoms with Gasteiger partial charge in [-0.1, -0.05) is 29.8 Å². The summed E-state index contributed by atoms with van der Waals surface area (Å²) in [4.78, 5) is 14.3. The van der Waals surface area contributed by atoms with E-state index in [1.54, 1.807) is 29.2 Å². The third-order valence-corrected chi connectivity index (χ3v) is 5.11. The third-order valence-electron chi connectivity index (χ3n) is 4.86. The van der Waals surface area contributed by atoms with E-state index in [1.165, 1.54) is 0 Å². The molecule has 2 atom stereocenters. The largest absolute Gasteiger partial charge is 0.492 e. The van der Waals surface area contributed by atoms with Gasteiger partial charge in [0.1, 0.15) is 18.0 Å². The summed E-state index contributed by atoms with van der Waals surface area (Å²) < 4.78 is 5.60. The van der Waals surface area contributed by atoms with E-state index < -0.39 is 11.7 Å². The quantitative estimate of drug-likeness (QED) is 0.614. The zero-order valence-electron chi connectivity index (χ0n) is 15.6. The number of amides is 1. The smallest absolute Gasteiger partial charge is 0.253 e. The van der Waals surface area contributed by atoms with Crippen LogP contribution < -0.4 is 10.1 Å². The molecule has 1 aliphatic rings. The molecule has 1 saturated heterocycles. The number of aliphatic hydroxyl groups excluding tert-OH is 1. The van der Waals surface area contributed by atoms with E-state index in [4.69, 9.17) is 16.3 Å². The molecule has 1 amide bonds. The molecular formula is C21H25ClN2O4. The van der Waals surface area contributed by atoms with Crippen molar-refractivity contribution in [2.24, 2.45) is 0 Å². The van der Waals surface area contributed by atoms with Crippen molar-refractivity contribution in [3.63, 3.8) is 0 Å². The van der Waals surface area contributed by atoms with Gasteiger partial charge in [0, 0.05) is 30.2 Å². The molecule has 0 unspecified atom stereocenters. The fraction of sp³-hybridized carbons (Fsp3) is 0.381. The summed E-state index contributed by atoms with van der Waals surface area (Å²) in [5.74, 6) is 0.592. The van der Waals surface area contributed by atoms with Crippen molar-refractivity contribution in [2.75, 3.05) is 32.8 Å². The number of para-hydroxylation sites is 1. The average molecular weight is 405 g/mol. The fourth-order valence-electron chi connectivity index (χ4n) is 3.25. The molecule has 3 rings (SSSR count). The number of ether oxygens (including phenoxy) is 1. The number of benzene rings is 2. The number of nitrogens with one attached hydrogen (secondary N) is 1. The molecule has 0 spiro atoms. The van der Waals surface area contributed by atoms with E-state index in [-0.39, 0.29) is 19.0 Å². The van der Waals surface area contributed by atoms with Gasteiger partial charge in [0.2, 0.25) is 0 Å². The van der Waals surface area contributed by atoms with E-state index in [9.17, 15) is 15.0 Å². The predicted molar refractivity (Wildman–Crippen MR) is 108 cm³/mol. The lowest BCUT2D eigenvalue weighted by Gasteiger charge is -2.42. The molecule has 1 fully saturated rings. The van der Waals surface area contributed by atoms with Gasteiger partial charge >= 0.3 is 0 Å². The average Bonchev–Trinajstić information content (AvgIpc) is 2.71. The number of rotatable bonds is 7. The minimum Gasteiger partial charge on any atom is -0.492 e. The highest BCUT2D eigenvalue weighted by atomic mass is 35.5. The van der Waals surface area contributed by atoms with Crippen LogP contribution in [-0.2, 0) is 0 Å². The summed E-state index contributed by atoms with van der Waals surface area (Å²) in [5.41, 5.74) is -0.903. The van der Waals surface area contributed by atoms with Crippen LogP contribution in [0.25, 0.3) is 0 Å². The number of carbonyl (C=O) groups is 1. The Kier molecular flexibility index (Phi) is 6.91. The molecule has 7 heteroatoms. The highest BCUT2D eigenvalue weighted by Gasteiger charge is 2.42. The predicted octanol–water partition coefficient (Wildman–Crippen LogP) is 1.95. The number of likely N-dealkylation sites (tertiary alicyclic amines) is 1. The van der Waals surface area contributed by atoms with Crippen molar-refractivity contribution in [2.45, 2.75) is 18.1 Å². The Morgan fingerprint density at radius 2 is 1.93 bits per heavy atom. The number of carbonyl (C=O) groups excluding carboxylic acids is 1. The highest BCUT2D eigenvalue weighted by Crippen LogP contribution is 2.23. The summed E-state index contributed by atoms with van der Waals surface area (Å²) >= 11 is 5.87. The molecule has 150 valence electrons. The van der Waals surface area contributed by atoms with Crippen molar-refractivity contribution >= 4 is 17.5 Å². The van der Waals surface area contributed by atoms with Gasteiger partial charge in [-0.15, -0.1) is 0 Å². The number of piperidine rings is 1. The minimum absolute atomic E-state index is 0.0577. The van der Waals surface area contributed by atoms with Gasteiger partial charge in [0.25, 0.3) is 5.91 Å². The van der Waals surface area contributed by atoms with E-state index in [0.717, 1.165) is 5.75 Å². The lowest BCUT2D eigenvalue weighted by molar-refractivity contribution is -0.111. The van der Waals surface area contributed by atoms with Crippen LogP contribution >= 0.6 is 11.6 Å². The molecule has 6 nitrogen and oxygen atoms in total. The second kappa shape index (κ2) is 9.39. The van der Waals surface area contributed by atoms with E-state index in [0.29, 0.717) is 36.7 Å². The first-order valence-corrected chi connectivity index (χ1v) is 9.69. The maximum absolute atomic E-state index is 12.7. The lowest BCUT2D eigenvalue weighted by Crippen LogP contribution is -2.62. The molecule has 28 heavy (non-hydrogen) atoms. The van der Waals surface area contributed by atoms with Crippen LogP contribution in [0, 0.1) is 0 Å². The van der Waals surface area contributed by atoms with Gasteiger partial charge in [-0.25, -0.2) is 0 Å². The molecule has 3 N–H and O–H groups in total. The van der Waals surface area contributed by atoms with Crippen LogP contribution in [0.3, 0.4) is 0 Å². The van der Waals surface area contributed by atoms with E-state index in [2.05, 4.69) is 5.32 Å². The molecule has 1 aliphatic heterocycles. The van der Waals surface area contributed by atoms with Crippen molar-refractivity contribution in [3.05, 3.63) is 65.2 Å². The first kappa shape index (κ1) is 20.6. The number of halogens is 1. The van der Waals surface area contributed by atoms with Crippen LogP contribution in [0.2, 0.25) is 5.02 Å². The van der Waals surface area contributed by atoms with Gasteiger partial charge in [0.15, 0.2) is 0 Å². The van der Waals surface area contributed by atoms with Gasteiger partial charge < -0.3 is 25.2 Å². The Morgan fingerprint density at radius 1 is 1.21 bits per heavy atom. The molecule has 0 saturated carbocycles. The summed E-state index contributed by atoms with van der Waals surface area (Å²) in [6.07, 6.45) is -0.581. The van der Waals surface area contributed by atoms with Gasteiger partial charge in [-0.05, 0) is 42.8 Å². The second-order valence-electron chi connectivity index (χ2n) is 6.98. The Bertz CT molecular complexity index is 772. The van der Waals surface area contributed by atoms with E-state index in [1.807, 2.05) is 30.3 Å². The number of β-amino-alcohol motifs (C(OH)–C–C–N with tert-alkyl or cyclic N) is 1. The Morgan fingerprint density at radius 3 is 2.64 bits per heavy atom. The summed E-state index contributed by atoms with van der Waals surface area (Å²) in [7, 11) is 0. The van der Waals surface area contributed by atoms with Crippen molar-refractivity contribution < 1.29 is 19.7 Å². The summed E-state index contributed by atoms with van der Waals surface area (Å²) in [6, 6.07) is 16.1. The molecule has 2 aromatic rings. The highest BCUT2D eigenvalue weighted by molar-refractivity contribution is 6.30. The molecular weight excluding hydrogens is 380 g/mol. The van der Waals surface area contributed by atoms with Crippen LogP contribution in [-0.4, -0.2) is 65.5 Å². The van der Waals surface area contributed by atoms with Crippen molar-refractivity contribution in [1.29, 1.82) is 0 Å². The SMILES string of the molecule is O=C(c1ccc(Cl)cc1)N1CC[C@H](O)[C@@](O)(CNCCOc2ccccc2)C1. The minimum atomic E-state index is -1.41. The van der Waals surface area contributed by atoms with Crippen LogP contribution in [0.4, 0.5) is 0 Å². The molecule has 0 radical (unpaired) electrons. The molecule has 1 heterocycles. The van der Waals surface area contributed by atoms with Gasteiger partial charge in [-0.2, -0.15) is 0 Å². The van der Waals surface area contributed by atoms with Gasteiger partial charge in [-0.3, -0.25) is 4.79 Å². The normalized spacial score (nSPS) is 22.1. The molecule has 0 bridgehead atoms. The zero-order chi connectivity index (χ0) is 20.0. The van der Waals surface area contributed by atoms with Crippen LogP contribution in [0.15, 0.2) is 54.6 Å². The van der Waals surface area contributed by atoms with E-state index >= 15 is 0 Å². The van der Waals surface area contributed by atoms with Crippen LogP contribution in [0.5, 0.6) is 5.75 Å². The Balaban J connectivity index is 1.51. The zero-order valence-corrected chi connectivity index (χ0v) is 16.3. The number of nitrogens with zero attached hydrogens (tertiary/aromatic N) is 1. The molecule has 0 aliphatic carbocycles. The number of hydrogen-bond acceptors (Lipinski definition) is 5. The topological polar surface area (TPSA) is 82.0 Å². The Hall–Kier alpha value is -2.12. The second-order valence-corrected chi connectivity index (χ2v) is 7.42. The summed E-state index contributed by atoms with van der Waals surface area (Å²) in [6.45, 7) is 1.56. The Labute approximate surface area is 169 Å². The van der Waals surface area contributed by atoms with Crippen LogP contribution in [0.1, 0.15) is 16.8 Å². The first-order valence-electron chi connectivity index (χ1n) is 9.32. The van der Waals surface area contributed by atoms with Gasteiger partial charge in [0.05, 0.1) is 12.6 Å². The summed E-state index contributed by atoms with van der Waals surface area (Å²) in [5, 5.41) is 24.9. The third kappa shape index (κ3) is 5.23. The number of aliphatic hydroxyl groups is 2. The standard InChI is InChI=1S/C21H25ClN2O4/c22-17-8-6-16(7-9-17)20(26)24-12-10-19(25)21(27,15-24)14-23-11-13-28-18-4-2-1-3-5-18/h1-9,19,23,25,27H,10-15H2/t19-,21+/m0/s1. The van der Waals surface area contributed by atoms with Crippen molar-refractivity contribution in [1.82, 2.24) is 10.2 Å². The maximum Gasteiger partial charge on any atom is 0.253 e. The lowest BCUT2D eigenvalue weighted by atomic mass is 9.89. The number of hydrogen-bond donors (Lipinski definition) is 3. The maximum atomic E-state index is 12.7. The van der Waals surface area contributed by atoms with Crippen molar-refractivity contribution in [3.8, 4) is 5.75 Å². The molecule has 2 aromatic carbocycles. The molecule has 0 aromatic heterocycles.